The van der Waals surface area contributed by atoms with Crippen LogP contribution in [0.1, 0.15) is 42.8 Å². The Bertz CT molecular complexity index is 918. The van der Waals surface area contributed by atoms with Gasteiger partial charge in [0.05, 0.1) is 25.4 Å². The molecule has 5 atom stereocenters. The summed E-state index contributed by atoms with van der Waals surface area (Å²) in [4.78, 5) is 12.6. The average molecular weight is 407 g/mol. The molecular weight excluding hydrogens is 376 g/mol. The Kier molecular flexibility index (Phi) is 5.70. The summed E-state index contributed by atoms with van der Waals surface area (Å²) in [6.45, 7) is 7.62. The summed E-state index contributed by atoms with van der Waals surface area (Å²) < 4.78 is 17.6. The Hall–Kier alpha value is -2.59. The van der Waals surface area contributed by atoms with E-state index in [9.17, 15) is 4.79 Å². The predicted octanol–water partition coefficient (Wildman–Crippen LogP) is 5.46. The smallest absolute Gasteiger partial charge is 0.338 e. The lowest BCUT2D eigenvalue weighted by molar-refractivity contribution is -0.166. The maximum Gasteiger partial charge on any atom is 0.338 e. The van der Waals surface area contributed by atoms with Crippen molar-refractivity contribution in [3.05, 3.63) is 77.4 Å². The van der Waals surface area contributed by atoms with Crippen molar-refractivity contribution in [2.45, 2.75) is 26.9 Å². The zero-order valence-corrected chi connectivity index (χ0v) is 18.1. The Labute approximate surface area is 178 Å². The van der Waals surface area contributed by atoms with Crippen molar-refractivity contribution in [3.63, 3.8) is 0 Å². The van der Waals surface area contributed by atoms with Crippen molar-refractivity contribution < 1.29 is 19.0 Å². The molecule has 1 saturated heterocycles. The molecule has 0 unspecified atom stereocenters. The van der Waals surface area contributed by atoms with E-state index in [0.29, 0.717) is 24.7 Å². The molecule has 0 spiro atoms. The third-order valence-corrected chi connectivity index (χ3v) is 7.17. The fourth-order valence-electron chi connectivity index (χ4n) is 5.21. The number of hydrogen-bond donors (Lipinski definition) is 0. The summed E-state index contributed by atoms with van der Waals surface area (Å²) in [6, 6.07) is 17.3. The Balaban J connectivity index is 1.57. The molecule has 30 heavy (non-hydrogen) atoms. The minimum absolute atomic E-state index is 0.00685. The van der Waals surface area contributed by atoms with Gasteiger partial charge in [0.15, 0.2) is 0 Å². The molecule has 0 N–H and O–H groups in total. The second-order valence-electron chi connectivity index (χ2n) is 8.69. The number of fused-ring (bicyclic) bond motifs is 2. The van der Waals surface area contributed by atoms with Crippen molar-refractivity contribution in [2.24, 2.45) is 23.2 Å². The lowest BCUT2D eigenvalue weighted by Gasteiger charge is -2.55. The number of rotatable bonds is 5. The second kappa shape index (κ2) is 8.27. The van der Waals surface area contributed by atoms with Crippen LogP contribution in [0.2, 0.25) is 0 Å². The number of carbonyl (C=O) groups excluding carboxylic acids is 1. The van der Waals surface area contributed by atoms with Crippen molar-refractivity contribution in [1.29, 1.82) is 0 Å². The van der Waals surface area contributed by atoms with Crippen LogP contribution < -0.4 is 4.74 Å². The molecule has 2 aromatic rings. The highest BCUT2D eigenvalue weighted by Crippen LogP contribution is 2.56. The predicted molar refractivity (Wildman–Crippen MR) is 116 cm³/mol. The summed E-state index contributed by atoms with van der Waals surface area (Å²) in [6.07, 6.45) is 2.34. The first-order valence-corrected chi connectivity index (χ1v) is 10.6. The first-order chi connectivity index (χ1) is 14.5. The minimum atomic E-state index is -0.274. The number of benzene rings is 2. The zero-order chi connectivity index (χ0) is 21.3. The van der Waals surface area contributed by atoms with Gasteiger partial charge in [-0.2, -0.15) is 0 Å². The van der Waals surface area contributed by atoms with Gasteiger partial charge in [-0.1, -0.05) is 55.8 Å². The molecule has 4 nitrogen and oxygen atoms in total. The number of methoxy groups -OCH3 is 1. The van der Waals surface area contributed by atoms with Gasteiger partial charge < -0.3 is 14.2 Å². The van der Waals surface area contributed by atoms with Gasteiger partial charge in [-0.05, 0) is 48.6 Å². The zero-order valence-electron chi connectivity index (χ0n) is 18.1. The highest BCUT2D eigenvalue weighted by Gasteiger charge is 2.54. The van der Waals surface area contributed by atoms with Gasteiger partial charge in [0, 0.05) is 11.3 Å². The molecule has 0 amide bonds. The molecule has 2 bridgehead atoms. The summed E-state index contributed by atoms with van der Waals surface area (Å²) in [5, 5.41) is 0. The van der Waals surface area contributed by atoms with Crippen LogP contribution >= 0.6 is 0 Å². The van der Waals surface area contributed by atoms with Crippen LogP contribution in [0.3, 0.4) is 0 Å². The molecule has 4 rings (SSSR count). The van der Waals surface area contributed by atoms with E-state index < -0.39 is 0 Å². The topological polar surface area (TPSA) is 44.8 Å². The van der Waals surface area contributed by atoms with E-state index in [0.717, 1.165) is 11.3 Å². The van der Waals surface area contributed by atoms with Gasteiger partial charge in [-0.3, -0.25) is 0 Å². The van der Waals surface area contributed by atoms with Crippen LogP contribution in [-0.2, 0) is 9.47 Å². The quantitative estimate of drug-likeness (QED) is 0.489. The molecule has 158 valence electrons. The molecular formula is C26H30O4. The van der Waals surface area contributed by atoms with Gasteiger partial charge in [-0.25, -0.2) is 4.79 Å². The molecule has 1 aliphatic carbocycles. The number of ether oxygens (including phenoxy) is 3. The van der Waals surface area contributed by atoms with Crippen LogP contribution in [0.4, 0.5) is 0 Å². The molecule has 2 aromatic carbocycles. The van der Waals surface area contributed by atoms with E-state index in [1.54, 1.807) is 19.2 Å². The lowest BCUT2D eigenvalue weighted by atomic mass is 9.56. The maximum absolute atomic E-state index is 12.6. The lowest BCUT2D eigenvalue weighted by Crippen LogP contribution is -2.54. The molecule has 4 heteroatoms. The summed E-state index contributed by atoms with van der Waals surface area (Å²) in [7, 11) is 1.68. The van der Waals surface area contributed by atoms with Crippen LogP contribution in [0.25, 0.3) is 0 Å². The molecule has 1 aliphatic heterocycles. The molecule has 0 radical (unpaired) electrons. The van der Waals surface area contributed by atoms with Crippen LogP contribution in [-0.4, -0.2) is 26.3 Å². The highest BCUT2D eigenvalue weighted by molar-refractivity contribution is 5.89. The Morgan fingerprint density at radius 1 is 1.10 bits per heavy atom. The van der Waals surface area contributed by atoms with Crippen molar-refractivity contribution in [1.82, 2.24) is 0 Å². The summed E-state index contributed by atoms with van der Waals surface area (Å²) in [5.74, 6) is 1.41. The standard InChI is InChI=1S/C26H30O4/c1-17-14-18(2)26(16-30-25(27)21-8-6-5-7-9-21)15-29-24(23(17)19(26)3)20-10-12-22(28-4)13-11-20/h5-14,18-19,23-24H,15-16H2,1-4H3/t18-,19-,23+,24-,26-/m1/s1. The van der Waals surface area contributed by atoms with Crippen molar-refractivity contribution in [2.75, 3.05) is 20.3 Å². The molecule has 0 saturated carbocycles. The monoisotopic (exact) mass is 406 g/mol. The first-order valence-electron chi connectivity index (χ1n) is 10.6. The summed E-state index contributed by atoms with van der Waals surface area (Å²) >= 11 is 0. The number of hydrogen-bond acceptors (Lipinski definition) is 4. The van der Waals surface area contributed by atoms with E-state index in [2.05, 4.69) is 39.0 Å². The van der Waals surface area contributed by atoms with Crippen LogP contribution in [0, 0.1) is 23.2 Å². The molecule has 1 heterocycles. The van der Waals surface area contributed by atoms with Gasteiger partial charge in [0.25, 0.3) is 0 Å². The number of carbonyl (C=O) groups is 1. The first kappa shape index (κ1) is 20.7. The van der Waals surface area contributed by atoms with E-state index in [-0.39, 0.29) is 29.3 Å². The van der Waals surface area contributed by atoms with Gasteiger partial charge in [-0.15, -0.1) is 0 Å². The third-order valence-electron chi connectivity index (χ3n) is 7.17. The third kappa shape index (κ3) is 3.54. The minimum Gasteiger partial charge on any atom is -0.497 e. The fourth-order valence-corrected chi connectivity index (χ4v) is 5.21. The fraction of sp³-hybridized carbons (Fsp3) is 0.423. The van der Waals surface area contributed by atoms with Crippen LogP contribution in [0.5, 0.6) is 5.75 Å². The number of allylic oxidation sites excluding steroid dienone is 1. The Morgan fingerprint density at radius 2 is 1.80 bits per heavy atom. The second-order valence-corrected chi connectivity index (χ2v) is 8.69. The molecule has 2 aliphatic rings. The Morgan fingerprint density at radius 3 is 2.47 bits per heavy atom. The summed E-state index contributed by atoms with van der Waals surface area (Å²) in [5.41, 5.74) is 2.86. The maximum atomic E-state index is 12.6. The van der Waals surface area contributed by atoms with Crippen molar-refractivity contribution >= 4 is 5.97 Å². The largest absolute Gasteiger partial charge is 0.497 e. The van der Waals surface area contributed by atoms with Gasteiger partial charge in [0.2, 0.25) is 0 Å². The van der Waals surface area contributed by atoms with Gasteiger partial charge in [0.1, 0.15) is 12.4 Å². The number of esters is 1. The molecule has 0 aromatic heterocycles. The molecule has 1 fully saturated rings. The average Bonchev–Trinajstić information content (AvgIpc) is 2.77. The van der Waals surface area contributed by atoms with Gasteiger partial charge >= 0.3 is 5.97 Å². The highest BCUT2D eigenvalue weighted by atomic mass is 16.5. The van der Waals surface area contributed by atoms with E-state index in [1.807, 2.05) is 30.3 Å². The van der Waals surface area contributed by atoms with E-state index in [4.69, 9.17) is 14.2 Å². The normalized spacial score (nSPS) is 30.3. The SMILES string of the molecule is COc1ccc([C@H]2OC[C@@]3(COC(=O)c4ccccc4)[C@H](C)C=C(C)[C@H]2[C@H]3C)cc1. The van der Waals surface area contributed by atoms with E-state index in [1.165, 1.54) is 5.57 Å². The van der Waals surface area contributed by atoms with Crippen molar-refractivity contribution in [3.8, 4) is 5.75 Å². The van der Waals surface area contributed by atoms with E-state index >= 15 is 0 Å². The van der Waals surface area contributed by atoms with Crippen LogP contribution in [0.15, 0.2) is 66.2 Å².